The van der Waals surface area contributed by atoms with Crippen molar-refractivity contribution in [2.45, 2.75) is 70.8 Å². The zero-order chi connectivity index (χ0) is 28.2. The highest BCUT2D eigenvalue weighted by molar-refractivity contribution is 5.81. The molecule has 40 heavy (non-hydrogen) atoms. The van der Waals surface area contributed by atoms with Crippen LogP contribution in [0.15, 0.2) is 36.5 Å². The van der Waals surface area contributed by atoms with Gasteiger partial charge in [-0.1, -0.05) is 24.3 Å². The highest BCUT2D eigenvalue weighted by atomic mass is 19.3. The van der Waals surface area contributed by atoms with E-state index in [0.717, 1.165) is 80.7 Å². The number of hydrogen-bond acceptors (Lipinski definition) is 7. The van der Waals surface area contributed by atoms with Crippen LogP contribution in [0.1, 0.15) is 56.7 Å². The van der Waals surface area contributed by atoms with E-state index in [1.807, 2.05) is 9.42 Å². The standard InChI is InChI=1S/C29H38F2N6O3/c1-19(18-40-28(30)31)33-29-32-16-27-25(15-26(37(27)34-29)23-7-9-24(39)10-8-23)22-5-3-21(4-6-22)17-35-11-13-36(14-12-35)20(2)38/h3-6,15-16,19,23-24,28,39H,7-14,17-18H2,1-2H3,(H,33,34)/t19-,23?,24?/m0/s1. The SMILES string of the molecule is CC(=O)N1CCN(Cc2ccc(-c3cc(C4CCC(O)CC4)n4nc(N[C@@H](C)COC(F)F)ncc34)cc2)CC1. The molecule has 0 unspecified atom stereocenters. The molecule has 9 nitrogen and oxygen atoms in total. The van der Waals surface area contributed by atoms with Gasteiger partial charge in [-0.05, 0) is 49.8 Å². The molecule has 2 aromatic heterocycles. The lowest BCUT2D eigenvalue weighted by Gasteiger charge is -2.34. The number of rotatable bonds is 9. The van der Waals surface area contributed by atoms with E-state index in [4.69, 9.17) is 5.10 Å². The highest BCUT2D eigenvalue weighted by Crippen LogP contribution is 2.37. The Labute approximate surface area is 233 Å². The summed E-state index contributed by atoms with van der Waals surface area (Å²) in [6, 6.07) is 10.3. The smallest absolute Gasteiger partial charge is 0.345 e. The second kappa shape index (κ2) is 12.6. The number of alkyl halides is 2. The van der Waals surface area contributed by atoms with E-state index in [0.29, 0.717) is 5.95 Å². The van der Waals surface area contributed by atoms with E-state index < -0.39 is 12.7 Å². The van der Waals surface area contributed by atoms with E-state index in [1.165, 1.54) is 5.56 Å². The monoisotopic (exact) mass is 556 g/mol. The minimum atomic E-state index is -2.82. The molecule has 1 saturated carbocycles. The van der Waals surface area contributed by atoms with Gasteiger partial charge in [-0.2, -0.15) is 8.78 Å². The maximum absolute atomic E-state index is 12.5. The van der Waals surface area contributed by atoms with Crippen molar-refractivity contribution in [3.05, 3.63) is 47.8 Å². The maximum atomic E-state index is 12.5. The molecule has 1 aliphatic carbocycles. The Kier molecular flexibility index (Phi) is 8.92. The second-order valence-electron chi connectivity index (χ2n) is 11.0. The molecule has 0 bridgehead atoms. The average molecular weight is 557 g/mol. The maximum Gasteiger partial charge on any atom is 0.345 e. The van der Waals surface area contributed by atoms with Crippen molar-refractivity contribution in [3.8, 4) is 11.1 Å². The fourth-order valence-corrected chi connectivity index (χ4v) is 5.72. The van der Waals surface area contributed by atoms with Crippen LogP contribution < -0.4 is 5.32 Å². The molecule has 3 heterocycles. The van der Waals surface area contributed by atoms with Crippen molar-refractivity contribution in [2.24, 2.45) is 0 Å². The summed E-state index contributed by atoms with van der Waals surface area (Å²) < 4.78 is 31.3. The molecule has 3 aromatic rings. The quantitative estimate of drug-likeness (QED) is 0.410. The highest BCUT2D eigenvalue weighted by Gasteiger charge is 2.26. The van der Waals surface area contributed by atoms with Crippen molar-refractivity contribution >= 4 is 17.4 Å². The lowest BCUT2D eigenvalue weighted by Crippen LogP contribution is -2.47. The fraction of sp³-hybridized carbons (Fsp3) is 0.552. The van der Waals surface area contributed by atoms with Gasteiger partial charge in [0.25, 0.3) is 0 Å². The summed E-state index contributed by atoms with van der Waals surface area (Å²) >= 11 is 0. The van der Waals surface area contributed by atoms with Gasteiger partial charge in [0.05, 0.1) is 24.4 Å². The molecule has 1 atom stereocenters. The Morgan fingerprint density at radius 3 is 2.48 bits per heavy atom. The van der Waals surface area contributed by atoms with Gasteiger partial charge in [-0.3, -0.25) is 9.69 Å². The Balaban J connectivity index is 1.37. The number of halogens is 2. The Hall–Kier alpha value is -3.15. The van der Waals surface area contributed by atoms with Gasteiger partial charge < -0.3 is 20.1 Å². The normalized spacial score (nSPS) is 21.2. The molecule has 0 spiro atoms. The summed E-state index contributed by atoms with van der Waals surface area (Å²) in [6.45, 7) is 4.47. The molecule has 5 rings (SSSR count). The summed E-state index contributed by atoms with van der Waals surface area (Å²) in [5.74, 6) is 0.729. The van der Waals surface area contributed by atoms with E-state index in [1.54, 1.807) is 20.0 Å². The van der Waals surface area contributed by atoms with Gasteiger partial charge in [0.1, 0.15) is 0 Å². The second-order valence-corrected chi connectivity index (χ2v) is 11.0. The topological polar surface area (TPSA) is 95.2 Å². The number of fused-ring (bicyclic) bond motifs is 1. The number of aliphatic hydroxyl groups excluding tert-OH is 1. The molecule has 1 amide bonds. The van der Waals surface area contributed by atoms with E-state index in [2.05, 4.69) is 50.3 Å². The number of piperazine rings is 1. The van der Waals surface area contributed by atoms with Crippen LogP contribution in [0.2, 0.25) is 0 Å². The number of aromatic nitrogens is 3. The van der Waals surface area contributed by atoms with Gasteiger partial charge in [0.2, 0.25) is 11.9 Å². The molecular formula is C29H38F2N6O3. The van der Waals surface area contributed by atoms with Gasteiger partial charge >= 0.3 is 6.61 Å². The first-order valence-corrected chi connectivity index (χ1v) is 14.1. The number of nitrogens with zero attached hydrogens (tertiary/aromatic N) is 5. The van der Waals surface area contributed by atoms with Crippen LogP contribution in [-0.2, 0) is 16.1 Å². The fourth-order valence-electron chi connectivity index (χ4n) is 5.72. The van der Waals surface area contributed by atoms with Crippen LogP contribution in [-0.4, -0.2) is 87.0 Å². The first-order chi connectivity index (χ1) is 19.3. The number of ether oxygens (including phenoxy) is 1. The summed E-state index contributed by atoms with van der Waals surface area (Å²) in [7, 11) is 0. The number of amides is 1. The zero-order valence-corrected chi connectivity index (χ0v) is 23.1. The van der Waals surface area contributed by atoms with Gasteiger partial charge in [0.15, 0.2) is 0 Å². The Morgan fingerprint density at radius 2 is 1.82 bits per heavy atom. The minimum Gasteiger partial charge on any atom is -0.393 e. The lowest BCUT2D eigenvalue weighted by atomic mass is 9.85. The van der Waals surface area contributed by atoms with Gasteiger partial charge in [0, 0.05) is 62.9 Å². The molecule has 11 heteroatoms. The molecule has 2 aliphatic rings. The Morgan fingerprint density at radius 1 is 1.12 bits per heavy atom. The first-order valence-electron chi connectivity index (χ1n) is 14.1. The van der Waals surface area contributed by atoms with E-state index >= 15 is 0 Å². The van der Waals surface area contributed by atoms with Gasteiger partial charge in [-0.25, -0.2) is 9.50 Å². The third-order valence-electron chi connectivity index (χ3n) is 8.00. The van der Waals surface area contributed by atoms with Gasteiger partial charge in [-0.15, -0.1) is 5.10 Å². The molecule has 1 saturated heterocycles. The van der Waals surface area contributed by atoms with Crippen LogP contribution in [0.4, 0.5) is 14.7 Å². The molecule has 1 aromatic carbocycles. The van der Waals surface area contributed by atoms with Crippen molar-refractivity contribution in [3.63, 3.8) is 0 Å². The van der Waals surface area contributed by atoms with Crippen molar-refractivity contribution in [1.29, 1.82) is 0 Å². The predicted octanol–water partition coefficient (Wildman–Crippen LogP) is 4.12. The zero-order valence-electron chi connectivity index (χ0n) is 23.1. The van der Waals surface area contributed by atoms with E-state index in [9.17, 15) is 18.7 Å². The Bertz CT molecular complexity index is 1280. The van der Waals surface area contributed by atoms with Crippen molar-refractivity contribution in [2.75, 3.05) is 38.1 Å². The minimum absolute atomic E-state index is 0.134. The van der Waals surface area contributed by atoms with Crippen LogP contribution in [0, 0.1) is 0 Å². The number of nitrogens with one attached hydrogen (secondary N) is 1. The third-order valence-corrected chi connectivity index (χ3v) is 8.00. The van der Waals surface area contributed by atoms with Crippen LogP contribution in [0.25, 0.3) is 16.6 Å². The average Bonchev–Trinajstić information content (AvgIpc) is 3.32. The molecule has 2 fully saturated rings. The summed E-state index contributed by atoms with van der Waals surface area (Å²) in [5.41, 5.74) is 5.24. The molecular weight excluding hydrogens is 518 g/mol. The number of carbonyl (C=O) groups is 1. The predicted molar refractivity (Wildman–Crippen MR) is 148 cm³/mol. The third kappa shape index (κ3) is 6.76. The number of benzene rings is 1. The molecule has 216 valence electrons. The molecule has 1 aliphatic heterocycles. The largest absolute Gasteiger partial charge is 0.393 e. The number of hydrogen-bond donors (Lipinski definition) is 2. The van der Waals surface area contributed by atoms with E-state index in [-0.39, 0.29) is 24.5 Å². The summed E-state index contributed by atoms with van der Waals surface area (Å²) in [4.78, 5) is 20.4. The first kappa shape index (κ1) is 28.4. The van der Waals surface area contributed by atoms with Crippen molar-refractivity contribution in [1.82, 2.24) is 24.4 Å². The molecule has 2 N–H and O–H groups in total. The lowest BCUT2D eigenvalue weighted by molar-refractivity contribution is -0.131. The number of anilines is 1. The summed E-state index contributed by atoms with van der Waals surface area (Å²) in [5, 5.41) is 17.9. The molecule has 0 radical (unpaired) electrons. The summed E-state index contributed by atoms with van der Waals surface area (Å²) in [6.07, 6.45) is 4.75. The number of carbonyl (C=O) groups excluding carboxylic acids is 1. The van der Waals surface area contributed by atoms with Crippen LogP contribution in [0.5, 0.6) is 0 Å². The van der Waals surface area contributed by atoms with Crippen LogP contribution >= 0.6 is 0 Å². The van der Waals surface area contributed by atoms with Crippen molar-refractivity contribution < 1.29 is 23.4 Å². The number of aliphatic hydroxyl groups is 1. The van der Waals surface area contributed by atoms with Crippen LogP contribution in [0.3, 0.4) is 0 Å².